The fourth-order valence-electron chi connectivity index (χ4n) is 9.26. The van der Waals surface area contributed by atoms with Gasteiger partial charge in [0.15, 0.2) is 0 Å². The molecule has 316 valence electrons. The summed E-state index contributed by atoms with van der Waals surface area (Å²) in [6.45, 7) is 4.73. The van der Waals surface area contributed by atoms with Crippen molar-refractivity contribution in [3.8, 4) is 33.9 Å². The molecule has 0 unspecified atom stereocenters. The molecule has 0 atom stereocenters. The summed E-state index contributed by atoms with van der Waals surface area (Å²) in [5.41, 5.74) is 17.3. The molecule has 11 rings (SSSR count). The predicted molar refractivity (Wildman–Crippen MR) is 272 cm³/mol. The van der Waals surface area contributed by atoms with E-state index in [2.05, 4.69) is 233 Å². The number of fused-ring (bicyclic) bond motifs is 2. The van der Waals surface area contributed by atoms with Gasteiger partial charge in [-0.05, 0) is 156 Å². The summed E-state index contributed by atoms with van der Waals surface area (Å²) in [5, 5.41) is 0. The molecule has 0 saturated carbocycles. The molecule has 66 heavy (non-hydrogen) atoms. The first-order chi connectivity index (χ1) is 32.5. The summed E-state index contributed by atoms with van der Waals surface area (Å²) in [5.74, 6) is 0. The smallest absolute Gasteiger partial charge is 0.0900 e. The van der Waals surface area contributed by atoms with Gasteiger partial charge in [-0.3, -0.25) is 9.97 Å². The summed E-state index contributed by atoms with van der Waals surface area (Å²) < 4.78 is 0. The summed E-state index contributed by atoms with van der Waals surface area (Å²) in [7, 11) is 0. The molecule has 0 spiro atoms. The number of hydrogen-bond donors (Lipinski definition) is 0. The van der Waals surface area contributed by atoms with Crippen molar-refractivity contribution in [3.63, 3.8) is 0 Å². The molecule has 0 radical (unpaired) electrons. The first-order valence-electron chi connectivity index (χ1n) is 22.3. The fraction of sp³-hybridized carbons (Fsp3) is 0.0500. The second kappa shape index (κ2) is 17.2. The normalized spacial score (nSPS) is 12.5. The van der Waals surface area contributed by atoms with Gasteiger partial charge in [-0.15, -0.1) is 0 Å². The zero-order chi connectivity index (χ0) is 44.5. The van der Waals surface area contributed by atoms with Crippen LogP contribution >= 0.6 is 0 Å². The SMILES string of the molecule is CC1(C)c2cc(N(c3ccccc3)c3ccccc3)ccc2N(c2ccc(-c3cc(-c4ccccn4)nc(-c4ccccn4)c3)cc2)c2ccc(N(c3ccccc3)c3ccccc3)cc21. The Morgan fingerprint density at radius 3 is 1.12 bits per heavy atom. The quantitative estimate of drug-likeness (QED) is 0.137. The molecule has 7 aromatic carbocycles. The maximum atomic E-state index is 5.03. The van der Waals surface area contributed by atoms with Gasteiger partial charge in [-0.2, -0.15) is 0 Å². The minimum Gasteiger partial charge on any atom is -0.310 e. The van der Waals surface area contributed by atoms with Gasteiger partial charge in [0.2, 0.25) is 0 Å². The van der Waals surface area contributed by atoms with Gasteiger partial charge < -0.3 is 14.7 Å². The number of para-hydroxylation sites is 4. The van der Waals surface area contributed by atoms with E-state index >= 15 is 0 Å². The van der Waals surface area contributed by atoms with E-state index in [4.69, 9.17) is 4.98 Å². The molecular formula is C60H46N6. The van der Waals surface area contributed by atoms with Crippen molar-refractivity contribution >= 4 is 51.2 Å². The number of rotatable bonds is 10. The van der Waals surface area contributed by atoms with Crippen molar-refractivity contribution in [3.05, 3.63) is 254 Å². The maximum Gasteiger partial charge on any atom is 0.0900 e. The van der Waals surface area contributed by atoms with Gasteiger partial charge in [-0.1, -0.05) is 111 Å². The van der Waals surface area contributed by atoms with E-state index in [1.54, 1.807) is 0 Å². The third-order valence-corrected chi connectivity index (χ3v) is 12.5. The molecule has 0 fully saturated rings. The van der Waals surface area contributed by atoms with Crippen LogP contribution in [0.2, 0.25) is 0 Å². The van der Waals surface area contributed by atoms with Crippen LogP contribution in [-0.2, 0) is 5.41 Å². The summed E-state index contributed by atoms with van der Waals surface area (Å²) in [6, 6.07) is 81.5. The Balaban J connectivity index is 1.08. The van der Waals surface area contributed by atoms with Gasteiger partial charge in [-0.25, -0.2) is 4.98 Å². The first-order valence-corrected chi connectivity index (χ1v) is 22.3. The largest absolute Gasteiger partial charge is 0.310 e. The Hall–Kier alpha value is -8.61. The highest BCUT2D eigenvalue weighted by Crippen LogP contribution is 2.55. The van der Waals surface area contributed by atoms with Gasteiger partial charge in [0.25, 0.3) is 0 Å². The Bertz CT molecular complexity index is 2980. The highest BCUT2D eigenvalue weighted by molar-refractivity contribution is 5.91. The van der Waals surface area contributed by atoms with Gasteiger partial charge in [0.1, 0.15) is 0 Å². The van der Waals surface area contributed by atoms with Crippen molar-refractivity contribution in [1.29, 1.82) is 0 Å². The molecular weight excluding hydrogens is 805 g/mol. The van der Waals surface area contributed by atoms with Crippen molar-refractivity contribution in [2.45, 2.75) is 19.3 Å². The highest BCUT2D eigenvalue weighted by atomic mass is 15.2. The molecule has 6 heteroatoms. The van der Waals surface area contributed by atoms with Crippen molar-refractivity contribution in [2.24, 2.45) is 0 Å². The van der Waals surface area contributed by atoms with E-state index in [1.807, 2.05) is 48.8 Å². The molecule has 10 aromatic rings. The van der Waals surface area contributed by atoms with Crippen LogP contribution in [0.3, 0.4) is 0 Å². The number of aromatic nitrogens is 3. The van der Waals surface area contributed by atoms with Crippen LogP contribution in [0.15, 0.2) is 243 Å². The lowest BCUT2D eigenvalue weighted by atomic mass is 9.73. The van der Waals surface area contributed by atoms with E-state index in [0.717, 1.165) is 85.1 Å². The molecule has 0 saturated heterocycles. The monoisotopic (exact) mass is 850 g/mol. The van der Waals surface area contributed by atoms with E-state index in [9.17, 15) is 0 Å². The number of nitrogens with zero attached hydrogens (tertiary/aromatic N) is 6. The Kier molecular flexibility index (Phi) is 10.5. The summed E-state index contributed by atoms with van der Waals surface area (Å²) >= 11 is 0. The lowest BCUT2D eigenvalue weighted by Gasteiger charge is -2.43. The number of pyridine rings is 3. The average Bonchev–Trinajstić information content (AvgIpc) is 3.39. The second-order valence-corrected chi connectivity index (χ2v) is 17.0. The van der Waals surface area contributed by atoms with E-state index in [1.165, 1.54) is 11.1 Å². The molecule has 6 nitrogen and oxygen atoms in total. The number of hydrogen-bond acceptors (Lipinski definition) is 6. The second-order valence-electron chi connectivity index (χ2n) is 17.0. The maximum absolute atomic E-state index is 5.03. The highest BCUT2D eigenvalue weighted by Gasteiger charge is 2.38. The lowest BCUT2D eigenvalue weighted by molar-refractivity contribution is 0.632. The van der Waals surface area contributed by atoms with Crippen LogP contribution in [0.4, 0.5) is 51.2 Å². The van der Waals surface area contributed by atoms with Crippen LogP contribution in [0, 0.1) is 0 Å². The van der Waals surface area contributed by atoms with E-state index in [0.29, 0.717) is 0 Å². The topological polar surface area (TPSA) is 48.4 Å². The van der Waals surface area contributed by atoms with Crippen LogP contribution in [0.5, 0.6) is 0 Å². The lowest BCUT2D eigenvalue weighted by Crippen LogP contribution is -2.31. The Labute approximate surface area is 386 Å². The minimum atomic E-state index is -0.397. The Morgan fingerprint density at radius 2 is 0.742 bits per heavy atom. The zero-order valence-electron chi connectivity index (χ0n) is 36.8. The summed E-state index contributed by atoms with van der Waals surface area (Å²) in [6.07, 6.45) is 3.62. The molecule has 1 aliphatic rings. The van der Waals surface area contributed by atoms with Crippen LogP contribution in [0.25, 0.3) is 33.9 Å². The van der Waals surface area contributed by atoms with Crippen molar-refractivity contribution < 1.29 is 0 Å². The molecule has 0 N–H and O–H groups in total. The Morgan fingerprint density at radius 1 is 0.348 bits per heavy atom. The minimum absolute atomic E-state index is 0.397. The van der Waals surface area contributed by atoms with Gasteiger partial charge >= 0.3 is 0 Å². The van der Waals surface area contributed by atoms with Gasteiger partial charge in [0, 0.05) is 57.6 Å². The third-order valence-electron chi connectivity index (χ3n) is 12.5. The first kappa shape index (κ1) is 40.2. The standard InChI is InChI=1S/C60H46N6/c1-60(2)52-41-50(64(45-19-7-3-8-20-45)46-21-9-4-10-22-46)33-35-58(52)66(59-36-34-51(42-53(59)60)65(47-23-11-5-12-24-47)48-25-13-6-14-26-48)49-31-29-43(30-32-49)44-39-56(54-27-15-17-37-61-54)63-57(40-44)55-28-16-18-38-62-55/h3-42H,1-2H3. The third kappa shape index (κ3) is 7.54. The molecule has 3 aromatic heterocycles. The predicted octanol–water partition coefficient (Wildman–Crippen LogP) is 15.9. The fourth-order valence-corrected chi connectivity index (χ4v) is 9.26. The van der Waals surface area contributed by atoms with E-state index < -0.39 is 5.41 Å². The average molecular weight is 851 g/mol. The molecule has 4 heterocycles. The van der Waals surface area contributed by atoms with Crippen LogP contribution < -0.4 is 14.7 Å². The number of benzene rings is 7. The molecule has 0 bridgehead atoms. The van der Waals surface area contributed by atoms with E-state index in [-0.39, 0.29) is 0 Å². The van der Waals surface area contributed by atoms with Crippen LogP contribution in [-0.4, -0.2) is 15.0 Å². The van der Waals surface area contributed by atoms with Crippen molar-refractivity contribution in [1.82, 2.24) is 15.0 Å². The van der Waals surface area contributed by atoms with Crippen LogP contribution in [0.1, 0.15) is 25.0 Å². The molecule has 0 aliphatic carbocycles. The van der Waals surface area contributed by atoms with Crippen molar-refractivity contribution in [2.75, 3.05) is 14.7 Å². The number of anilines is 9. The molecule has 0 amide bonds. The zero-order valence-corrected chi connectivity index (χ0v) is 36.8. The molecule has 1 aliphatic heterocycles. The van der Waals surface area contributed by atoms with Gasteiger partial charge in [0.05, 0.1) is 34.2 Å². The summed E-state index contributed by atoms with van der Waals surface area (Å²) in [4.78, 5) is 21.5.